The summed E-state index contributed by atoms with van der Waals surface area (Å²) in [5.41, 5.74) is 2.70. The van der Waals surface area contributed by atoms with E-state index in [0.29, 0.717) is 12.1 Å². The van der Waals surface area contributed by atoms with Gasteiger partial charge in [0, 0.05) is 23.1 Å². The molecule has 1 aromatic rings. The summed E-state index contributed by atoms with van der Waals surface area (Å²) in [5, 5.41) is 3.38. The van der Waals surface area contributed by atoms with Crippen LogP contribution in [0.3, 0.4) is 0 Å². The molecule has 2 rings (SSSR count). The number of anilines is 1. The Morgan fingerprint density at radius 2 is 2.11 bits per heavy atom. The quantitative estimate of drug-likeness (QED) is 0.867. The van der Waals surface area contributed by atoms with Gasteiger partial charge in [0.05, 0.1) is 5.69 Å². The Morgan fingerprint density at radius 1 is 1.32 bits per heavy atom. The van der Waals surface area contributed by atoms with Gasteiger partial charge < -0.3 is 10.2 Å². The van der Waals surface area contributed by atoms with Crippen LogP contribution in [0.1, 0.15) is 45.6 Å². The molecule has 1 saturated heterocycles. The molecule has 1 aromatic carbocycles. The fourth-order valence-electron chi connectivity index (χ4n) is 3.05. The van der Waals surface area contributed by atoms with Gasteiger partial charge in [-0.2, -0.15) is 0 Å². The Labute approximate surface area is 125 Å². The molecular formula is C16H25BrN2. The van der Waals surface area contributed by atoms with E-state index < -0.39 is 0 Å². The Balaban J connectivity index is 2.20. The lowest BCUT2D eigenvalue weighted by Crippen LogP contribution is -2.34. The molecule has 0 aromatic heterocycles. The van der Waals surface area contributed by atoms with Crippen LogP contribution in [0.5, 0.6) is 0 Å². The van der Waals surface area contributed by atoms with Gasteiger partial charge in [0.1, 0.15) is 0 Å². The van der Waals surface area contributed by atoms with Crippen molar-refractivity contribution in [2.75, 3.05) is 11.4 Å². The lowest BCUT2D eigenvalue weighted by Gasteiger charge is -2.31. The Bertz CT molecular complexity index is 419. The van der Waals surface area contributed by atoms with Crippen molar-refractivity contribution in [3.63, 3.8) is 0 Å². The summed E-state index contributed by atoms with van der Waals surface area (Å²) < 4.78 is 1.23. The molecule has 0 saturated carbocycles. The van der Waals surface area contributed by atoms with Crippen molar-refractivity contribution in [3.8, 4) is 0 Å². The summed E-state index contributed by atoms with van der Waals surface area (Å²) in [6, 6.07) is 8.14. The number of hydrogen-bond acceptors (Lipinski definition) is 2. The molecule has 1 heterocycles. The van der Waals surface area contributed by atoms with Gasteiger partial charge in [0.2, 0.25) is 0 Å². The van der Waals surface area contributed by atoms with Crippen molar-refractivity contribution in [3.05, 3.63) is 28.2 Å². The van der Waals surface area contributed by atoms with E-state index in [1.807, 2.05) is 0 Å². The van der Waals surface area contributed by atoms with Gasteiger partial charge >= 0.3 is 0 Å². The molecule has 19 heavy (non-hydrogen) atoms. The van der Waals surface area contributed by atoms with E-state index in [0.717, 1.165) is 13.1 Å². The highest BCUT2D eigenvalue weighted by Gasteiger charge is 2.30. The fraction of sp³-hybridized carbons (Fsp3) is 0.625. The molecule has 106 valence electrons. The van der Waals surface area contributed by atoms with E-state index in [-0.39, 0.29) is 0 Å². The maximum atomic E-state index is 3.76. The number of rotatable bonds is 5. The van der Waals surface area contributed by atoms with E-state index in [1.54, 1.807) is 0 Å². The van der Waals surface area contributed by atoms with Crippen molar-refractivity contribution >= 4 is 21.6 Å². The van der Waals surface area contributed by atoms with E-state index in [9.17, 15) is 0 Å². The van der Waals surface area contributed by atoms with Gasteiger partial charge in [-0.15, -0.1) is 0 Å². The van der Waals surface area contributed by atoms with Crippen LogP contribution < -0.4 is 10.2 Å². The van der Waals surface area contributed by atoms with Crippen molar-refractivity contribution in [1.29, 1.82) is 0 Å². The third kappa shape index (κ3) is 3.32. The zero-order valence-corrected chi connectivity index (χ0v) is 13.8. The van der Waals surface area contributed by atoms with Gasteiger partial charge in [-0.3, -0.25) is 0 Å². The third-order valence-corrected chi connectivity index (χ3v) is 4.76. The van der Waals surface area contributed by atoms with E-state index in [2.05, 4.69) is 65.1 Å². The van der Waals surface area contributed by atoms with Crippen molar-refractivity contribution < 1.29 is 0 Å². The second kappa shape index (κ2) is 6.76. The van der Waals surface area contributed by atoms with Gasteiger partial charge in [-0.05, 0) is 66.4 Å². The van der Waals surface area contributed by atoms with Gasteiger partial charge in [0.25, 0.3) is 0 Å². The highest BCUT2D eigenvalue weighted by Crippen LogP contribution is 2.36. The van der Waals surface area contributed by atoms with Crippen LogP contribution in [0, 0.1) is 0 Å². The maximum absolute atomic E-state index is 3.76. The second-order valence-corrected chi connectivity index (χ2v) is 6.32. The Morgan fingerprint density at radius 3 is 2.74 bits per heavy atom. The molecule has 0 aliphatic carbocycles. The number of hydrogen-bond donors (Lipinski definition) is 1. The maximum Gasteiger partial charge on any atom is 0.0515 e. The van der Waals surface area contributed by atoms with Crippen LogP contribution in [0.2, 0.25) is 0 Å². The predicted octanol–water partition coefficient (Wildman–Crippen LogP) is 4.33. The summed E-state index contributed by atoms with van der Waals surface area (Å²) in [5.74, 6) is 0. The van der Waals surface area contributed by atoms with E-state index in [4.69, 9.17) is 0 Å². The molecule has 3 heteroatoms. The van der Waals surface area contributed by atoms with Crippen LogP contribution in [-0.2, 0) is 6.54 Å². The molecule has 2 nitrogen and oxygen atoms in total. The minimum atomic E-state index is 0.654. The first-order valence-electron chi connectivity index (χ1n) is 7.44. The van der Waals surface area contributed by atoms with Crippen molar-refractivity contribution in [2.45, 2.75) is 58.7 Å². The SMILES string of the molecule is CCNCc1ccc(N2C(C)CCC2CC)c(Br)c1. The van der Waals surface area contributed by atoms with Crippen LogP contribution in [0.25, 0.3) is 0 Å². The molecule has 2 atom stereocenters. The first-order chi connectivity index (χ1) is 9.17. The molecule has 1 N–H and O–H groups in total. The van der Waals surface area contributed by atoms with Crippen molar-refractivity contribution in [1.82, 2.24) is 5.32 Å². The highest BCUT2D eigenvalue weighted by molar-refractivity contribution is 9.10. The summed E-state index contributed by atoms with van der Waals surface area (Å²) >= 11 is 3.76. The molecule has 1 aliphatic rings. The van der Waals surface area contributed by atoms with Gasteiger partial charge in [-0.25, -0.2) is 0 Å². The lowest BCUT2D eigenvalue weighted by atomic mass is 10.1. The normalized spacial score (nSPS) is 23.1. The predicted molar refractivity (Wildman–Crippen MR) is 86.8 cm³/mol. The van der Waals surface area contributed by atoms with Gasteiger partial charge in [-0.1, -0.05) is 19.9 Å². The van der Waals surface area contributed by atoms with Crippen LogP contribution >= 0.6 is 15.9 Å². The summed E-state index contributed by atoms with van der Waals surface area (Å²) in [6.45, 7) is 8.74. The largest absolute Gasteiger partial charge is 0.365 e. The van der Waals surface area contributed by atoms with E-state index >= 15 is 0 Å². The minimum Gasteiger partial charge on any atom is -0.365 e. The zero-order valence-electron chi connectivity index (χ0n) is 12.2. The average molecular weight is 325 g/mol. The van der Waals surface area contributed by atoms with Gasteiger partial charge in [0.15, 0.2) is 0 Å². The Kier molecular flexibility index (Phi) is 5.28. The summed E-state index contributed by atoms with van der Waals surface area (Å²) in [6.07, 6.45) is 3.86. The monoisotopic (exact) mass is 324 g/mol. The second-order valence-electron chi connectivity index (χ2n) is 5.46. The first kappa shape index (κ1) is 14.9. The molecule has 1 aliphatic heterocycles. The zero-order chi connectivity index (χ0) is 13.8. The number of benzene rings is 1. The topological polar surface area (TPSA) is 15.3 Å². The summed E-state index contributed by atoms with van der Waals surface area (Å²) in [7, 11) is 0. The minimum absolute atomic E-state index is 0.654. The number of nitrogens with zero attached hydrogens (tertiary/aromatic N) is 1. The highest BCUT2D eigenvalue weighted by atomic mass is 79.9. The molecule has 2 unspecified atom stereocenters. The van der Waals surface area contributed by atoms with Crippen LogP contribution in [0.4, 0.5) is 5.69 Å². The molecule has 1 fully saturated rings. The molecule has 0 bridgehead atoms. The van der Waals surface area contributed by atoms with Crippen LogP contribution in [0.15, 0.2) is 22.7 Å². The van der Waals surface area contributed by atoms with Crippen molar-refractivity contribution in [2.24, 2.45) is 0 Å². The Hall–Kier alpha value is -0.540. The molecule has 0 spiro atoms. The van der Waals surface area contributed by atoms with E-state index in [1.165, 1.54) is 35.0 Å². The number of halogens is 1. The lowest BCUT2D eigenvalue weighted by molar-refractivity contribution is 0.627. The average Bonchev–Trinajstić information content (AvgIpc) is 2.78. The molecule has 0 radical (unpaired) electrons. The standard InChI is InChI=1S/C16H25BrN2/c1-4-14-8-6-12(3)19(14)16-9-7-13(10-15(16)17)11-18-5-2/h7,9-10,12,14,18H,4-6,8,11H2,1-3H3. The number of nitrogens with one attached hydrogen (secondary N) is 1. The van der Waals surface area contributed by atoms with Crippen LogP contribution in [-0.4, -0.2) is 18.6 Å². The summed E-state index contributed by atoms with van der Waals surface area (Å²) in [4.78, 5) is 2.60. The third-order valence-electron chi connectivity index (χ3n) is 4.13. The fourth-order valence-corrected chi connectivity index (χ4v) is 3.68. The molecular weight excluding hydrogens is 300 g/mol. The smallest absolute Gasteiger partial charge is 0.0515 e. The first-order valence-corrected chi connectivity index (χ1v) is 8.24. The molecule has 0 amide bonds.